The summed E-state index contributed by atoms with van der Waals surface area (Å²) in [7, 11) is 0. The van der Waals surface area contributed by atoms with Crippen LogP contribution in [-0.2, 0) is 19.1 Å². The van der Waals surface area contributed by atoms with Gasteiger partial charge in [-0.25, -0.2) is 4.79 Å². The van der Waals surface area contributed by atoms with Crippen molar-refractivity contribution in [1.29, 1.82) is 0 Å². The van der Waals surface area contributed by atoms with Crippen LogP contribution < -0.4 is 0 Å². The van der Waals surface area contributed by atoms with Gasteiger partial charge in [0.2, 0.25) is 4.84 Å². The van der Waals surface area contributed by atoms with Gasteiger partial charge in [0.05, 0.1) is 0 Å². The molecule has 1 unspecified atom stereocenters. The van der Waals surface area contributed by atoms with Crippen LogP contribution in [0.15, 0.2) is 11.6 Å². The number of halogens is 2. The molecule has 4 aliphatic rings. The number of carbonyl (C=O) groups is 3. The fourth-order valence-electron chi connectivity index (χ4n) is 6.64. The predicted molar refractivity (Wildman–Crippen MR) is 102 cm³/mol. The Bertz CT molecular complexity index is 730. The predicted octanol–water partition coefficient (Wildman–Crippen LogP) is 4.41. The zero-order valence-electron chi connectivity index (χ0n) is 15.8. The molecule has 0 heterocycles. The highest BCUT2D eigenvalue weighted by Crippen LogP contribution is 2.64. The van der Waals surface area contributed by atoms with Gasteiger partial charge in [-0.15, -0.1) is 0 Å². The lowest BCUT2D eigenvalue weighted by Crippen LogP contribution is -2.59. The van der Waals surface area contributed by atoms with Gasteiger partial charge in [0, 0.05) is 31.1 Å². The van der Waals surface area contributed by atoms with Crippen LogP contribution >= 0.6 is 23.2 Å². The number of esters is 1. The molecule has 4 nitrogen and oxygen atoms in total. The Kier molecular flexibility index (Phi) is 4.74. The van der Waals surface area contributed by atoms with Crippen LogP contribution in [0.4, 0.5) is 0 Å². The Balaban J connectivity index is 1.78. The molecule has 0 aliphatic heterocycles. The van der Waals surface area contributed by atoms with E-state index >= 15 is 0 Å². The molecule has 0 N–H and O–H groups in total. The highest BCUT2D eigenvalue weighted by atomic mass is 35.5. The SMILES string of the molecule is C[C@@]12CCC[C@H]1[C@@H]1C(OC(=O)C(Cl)Cl)CC3=CC(=O)CC[C@]3(C)[C@@H]1C(=O)C2. The van der Waals surface area contributed by atoms with Crippen LogP contribution in [0, 0.1) is 28.6 Å². The summed E-state index contributed by atoms with van der Waals surface area (Å²) in [5.74, 6) is -0.192. The van der Waals surface area contributed by atoms with Crippen molar-refractivity contribution in [3.63, 3.8) is 0 Å². The summed E-state index contributed by atoms with van der Waals surface area (Å²) < 4.78 is 5.75. The van der Waals surface area contributed by atoms with Gasteiger partial charge in [0.15, 0.2) is 5.78 Å². The Morgan fingerprint density at radius 1 is 1.26 bits per heavy atom. The summed E-state index contributed by atoms with van der Waals surface area (Å²) in [5, 5.41) is 0. The van der Waals surface area contributed by atoms with Crippen molar-refractivity contribution in [3.05, 3.63) is 11.6 Å². The van der Waals surface area contributed by atoms with E-state index in [1.165, 1.54) is 0 Å². The zero-order valence-corrected chi connectivity index (χ0v) is 17.3. The van der Waals surface area contributed by atoms with Gasteiger partial charge in [-0.05, 0) is 42.1 Å². The van der Waals surface area contributed by atoms with E-state index in [1.807, 2.05) is 0 Å². The first-order valence-electron chi connectivity index (χ1n) is 9.91. The monoisotopic (exact) mass is 412 g/mol. The highest BCUT2D eigenvalue weighted by molar-refractivity contribution is 6.52. The topological polar surface area (TPSA) is 60.4 Å². The summed E-state index contributed by atoms with van der Waals surface area (Å²) in [6.07, 6.45) is 6.70. The minimum absolute atomic E-state index is 0.0215. The maximum atomic E-state index is 13.4. The second-order valence-corrected chi connectivity index (χ2v) is 10.5. The van der Waals surface area contributed by atoms with E-state index in [2.05, 4.69) is 13.8 Å². The average molecular weight is 413 g/mol. The third kappa shape index (κ3) is 2.98. The molecular formula is C21H26Cl2O4. The third-order valence-electron chi connectivity index (χ3n) is 7.87. The molecular weight excluding hydrogens is 387 g/mol. The molecule has 6 atom stereocenters. The van der Waals surface area contributed by atoms with Gasteiger partial charge >= 0.3 is 5.97 Å². The first-order chi connectivity index (χ1) is 12.7. The minimum atomic E-state index is -1.24. The first-order valence-corrected chi connectivity index (χ1v) is 10.8. The number of rotatable bonds is 2. The number of carbonyl (C=O) groups excluding carboxylic acids is 3. The fourth-order valence-corrected chi connectivity index (χ4v) is 6.74. The van der Waals surface area contributed by atoms with Gasteiger partial charge in [0.1, 0.15) is 11.9 Å². The summed E-state index contributed by atoms with van der Waals surface area (Å²) in [4.78, 5) is 36.4. The van der Waals surface area contributed by atoms with E-state index in [0.29, 0.717) is 31.6 Å². The van der Waals surface area contributed by atoms with Crippen molar-refractivity contribution < 1.29 is 19.1 Å². The number of ketones is 2. The lowest BCUT2D eigenvalue weighted by atomic mass is 9.46. The van der Waals surface area contributed by atoms with E-state index < -0.39 is 16.9 Å². The molecule has 0 bridgehead atoms. The first kappa shape index (κ1) is 19.4. The highest BCUT2D eigenvalue weighted by Gasteiger charge is 2.63. The smallest absolute Gasteiger partial charge is 0.339 e. The number of ether oxygens (including phenoxy) is 1. The molecule has 4 aliphatic carbocycles. The summed E-state index contributed by atoms with van der Waals surface area (Å²) in [5.41, 5.74) is 0.615. The maximum Gasteiger partial charge on any atom is 0.339 e. The maximum absolute atomic E-state index is 13.4. The van der Waals surface area contributed by atoms with Crippen molar-refractivity contribution in [2.45, 2.75) is 69.7 Å². The van der Waals surface area contributed by atoms with Crippen molar-refractivity contribution in [1.82, 2.24) is 0 Å². The molecule has 6 heteroatoms. The van der Waals surface area contributed by atoms with Crippen LogP contribution in [0.2, 0.25) is 0 Å². The summed E-state index contributed by atoms with van der Waals surface area (Å²) in [6.45, 7) is 4.34. The van der Waals surface area contributed by atoms with Crippen molar-refractivity contribution in [2.75, 3.05) is 0 Å². The van der Waals surface area contributed by atoms with Gasteiger partial charge in [0.25, 0.3) is 0 Å². The third-order valence-corrected chi connectivity index (χ3v) is 8.23. The van der Waals surface area contributed by atoms with E-state index in [1.54, 1.807) is 6.08 Å². The molecule has 0 radical (unpaired) electrons. The molecule has 0 spiro atoms. The number of hydrogen-bond acceptors (Lipinski definition) is 4. The van der Waals surface area contributed by atoms with Crippen LogP contribution in [-0.4, -0.2) is 28.5 Å². The minimum Gasteiger partial charge on any atom is -0.460 e. The number of hydrogen-bond donors (Lipinski definition) is 0. The largest absolute Gasteiger partial charge is 0.460 e. The van der Waals surface area contributed by atoms with Crippen molar-refractivity contribution in [3.8, 4) is 0 Å². The molecule has 0 amide bonds. The van der Waals surface area contributed by atoms with E-state index in [4.69, 9.17) is 27.9 Å². The van der Waals surface area contributed by atoms with Gasteiger partial charge in [-0.3, -0.25) is 9.59 Å². The molecule has 4 rings (SSSR count). The molecule has 0 aromatic carbocycles. The Hall–Kier alpha value is -0.870. The Morgan fingerprint density at radius 3 is 2.70 bits per heavy atom. The zero-order chi connectivity index (χ0) is 19.6. The molecule has 0 aromatic heterocycles. The lowest BCUT2D eigenvalue weighted by molar-refractivity contribution is -0.171. The molecule has 0 aromatic rings. The summed E-state index contributed by atoms with van der Waals surface area (Å²) in [6, 6.07) is 0. The lowest BCUT2D eigenvalue weighted by Gasteiger charge is -2.58. The van der Waals surface area contributed by atoms with Crippen LogP contribution in [0.25, 0.3) is 0 Å². The standard InChI is InChI=1S/C21H26Cl2O4/c1-20-6-3-4-13(20)16-15(27-19(26)18(22)23)9-11-8-12(24)5-7-21(11,2)17(16)14(25)10-20/h8,13,15-18H,3-7,9-10H2,1-2H3/t13-,15?,16+,17+,20-,21-/m0/s1. The Labute approximate surface area is 170 Å². The second-order valence-electron chi connectivity index (χ2n) is 9.38. The normalized spacial score (nSPS) is 43.7. The van der Waals surface area contributed by atoms with Gasteiger partial charge in [-0.2, -0.15) is 0 Å². The van der Waals surface area contributed by atoms with Gasteiger partial charge in [-0.1, -0.05) is 49.0 Å². The second kappa shape index (κ2) is 6.59. The number of alkyl halides is 2. The van der Waals surface area contributed by atoms with Crippen LogP contribution in [0.3, 0.4) is 0 Å². The Morgan fingerprint density at radius 2 is 2.00 bits per heavy atom. The number of Topliss-reactive ketones (excluding diaryl/α,β-unsaturated/α-hetero) is 1. The average Bonchev–Trinajstić information content (AvgIpc) is 2.96. The van der Waals surface area contributed by atoms with Crippen LogP contribution in [0.1, 0.15) is 58.8 Å². The molecule has 0 saturated heterocycles. The van der Waals surface area contributed by atoms with Crippen molar-refractivity contribution >= 4 is 40.7 Å². The fraction of sp³-hybridized carbons (Fsp3) is 0.762. The van der Waals surface area contributed by atoms with E-state index in [0.717, 1.165) is 24.8 Å². The quantitative estimate of drug-likeness (QED) is 0.497. The molecule has 27 heavy (non-hydrogen) atoms. The van der Waals surface area contributed by atoms with Crippen molar-refractivity contribution in [2.24, 2.45) is 28.6 Å². The van der Waals surface area contributed by atoms with E-state index in [9.17, 15) is 14.4 Å². The van der Waals surface area contributed by atoms with Crippen LogP contribution in [0.5, 0.6) is 0 Å². The molecule has 148 valence electrons. The number of fused-ring (bicyclic) bond motifs is 5. The molecule has 3 saturated carbocycles. The summed E-state index contributed by atoms with van der Waals surface area (Å²) >= 11 is 11.5. The van der Waals surface area contributed by atoms with Gasteiger partial charge < -0.3 is 4.74 Å². The van der Waals surface area contributed by atoms with E-state index in [-0.39, 0.29) is 34.2 Å². The molecule has 3 fully saturated rings.